The Hall–Kier alpha value is -2.52. The Morgan fingerprint density at radius 2 is 1.03 bits per heavy atom. The van der Waals surface area contributed by atoms with Crippen molar-refractivity contribution in [1.82, 2.24) is 10.6 Å². The normalized spacial score (nSPS) is 10.0. The Morgan fingerprint density at radius 1 is 0.618 bits per heavy atom. The molecule has 0 bridgehead atoms. The van der Waals surface area contributed by atoms with Crippen molar-refractivity contribution in [1.29, 1.82) is 0 Å². The fourth-order valence-electron chi connectivity index (χ4n) is 3.40. The summed E-state index contributed by atoms with van der Waals surface area (Å²) >= 11 is 0. The van der Waals surface area contributed by atoms with Crippen LogP contribution >= 0.6 is 24.8 Å². The highest BCUT2D eigenvalue weighted by Gasteiger charge is 2.03. The van der Waals surface area contributed by atoms with E-state index in [1.54, 1.807) is 24.3 Å². The van der Waals surface area contributed by atoms with Crippen LogP contribution < -0.4 is 21.3 Å². The molecule has 0 saturated heterocycles. The van der Waals surface area contributed by atoms with Gasteiger partial charge in [0.15, 0.2) is 0 Å². The Bertz CT molecular complexity index is 786. The molecule has 10 heteroatoms. The summed E-state index contributed by atoms with van der Waals surface area (Å²) in [6.07, 6.45) is 7.43. The minimum absolute atomic E-state index is 0. The highest BCUT2D eigenvalue weighted by Crippen LogP contribution is 2.24. The molecule has 0 radical (unpaired) electrons. The van der Waals surface area contributed by atoms with E-state index in [1.165, 1.54) is 12.8 Å². The van der Waals surface area contributed by atoms with E-state index in [-0.39, 0.29) is 36.3 Å². The van der Waals surface area contributed by atoms with Gasteiger partial charge in [0.1, 0.15) is 11.5 Å². The molecule has 0 fully saturated rings. The molecule has 0 aliphatic carbocycles. The van der Waals surface area contributed by atoms with Crippen LogP contribution in [0.25, 0.3) is 0 Å². The van der Waals surface area contributed by atoms with Crippen molar-refractivity contribution in [3.63, 3.8) is 0 Å². The predicted molar refractivity (Wildman–Crippen MR) is 142 cm³/mol. The van der Waals surface area contributed by atoms with Crippen LogP contribution in [-0.2, 0) is 22.4 Å². The Balaban J connectivity index is 0.00000544. The summed E-state index contributed by atoms with van der Waals surface area (Å²) in [6, 6.07) is 10.5. The topological polar surface area (TPSA) is 123 Å². The first-order valence-corrected chi connectivity index (χ1v) is 11.1. The van der Waals surface area contributed by atoms with Gasteiger partial charge < -0.3 is 31.5 Å². The highest BCUT2D eigenvalue weighted by molar-refractivity contribution is 5.85. The maximum atomic E-state index is 10.5. The number of amides is 2. The van der Waals surface area contributed by atoms with Crippen molar-refractivity contribution in [2.75, 3.05) is 36.8 Å². The lowest BCUT2D eigenvalue weighted by Gasteiger charge is -2.09. The van der Waals surface area contributed by atoms with Crippen LogP contribution in [0.5, 0.6) is 11.5 Å². The molecule has 190 valence electrons. The molecule has 6 N–H and O–H groups in total. The van der Waals surface area contributed by atoms with Gasteiger partial charge in [-0.05, 0) is 87.3 Å². The van der Waals surface area contributed by atoms with E-state index in [0.717, 1.165) is 63.0 Å². The molecule has 0 spiro atoms. The summed E-state index contributed by atoms with van der Waals surface area (Å²) in [7, 11) is 0. The number of carbonyl (C=O) groups excluding carboxylic acids is 2. The number of carbonyl (C=O) groups is 2. The van der Waals surface area contributed by atoms with E-state index in [9.17, 15) is 19.8 Å². The molecule has 0 aliphatic rings. The van der Waals surface area contributed by atoms with Gasteiger partial charge in [0.25, 0.3) is 0 Å². The standard InChI is InChI=1S/C24H34N4O4.2ClH/c29-17-27-21-15-19(5-7-23(21)31)9-13-25-11-3-1-2-4-12-26-14-10-20-6-8-24(32)22(16-20)28-18-30;;/h5-8,15-18,25-26,31-32H,1-4,9-14H2,(H,27,29)(H,28,30);2*1H. The van der Waals surface area contributed by atoms with Gasteiger partial charge in [-0.15, -0.1) is 24.8 Å². The molecule has 0 heterocycles. The van der Waals surface area contributed by atoms with Gasteiger partial charge in [-0.25, -0.2) is 0 Å². The quantitative estimate of drug-likeness (QED) is 0.109. The molecule has 0 unspecified atom stereocenters. The molecule has 2 aromatic carbocycles. The van der Waals surface area contributed by atoms with Crippen molar-refractivity contribution in [2.24, 2.45) is 0 Å². The molecule has 34 heavy (non-hydrogen) atoms. The molecule has 2 rings (SSSR count). The number of anilines is 2. The van der Waals surface area contributed by atoms with Gasteiger partial charge in [-0.2, -0.15) is 0 Å². The number of hydrogen-bond acceptors (Lipinski definition) is 6. The van der Waals surface area contributed by atoms with Gasteiger partial charge in [0.05, 0.1) is 11.4 Å². The van der Waals surface area contributed by atoms with Gasteiger partial charge in [0, 0.05) is 0 Å². The van der Waals surface area contributed by atoms with Crippen molar-refractivity contribution in [3.8, 4) is 11.5 Å². The summed E-state index contributed by atoms with van der Waals surface area (Å²) < 4.78 is 0. The Kier molecular flexibility index (Phi) is 17.5. The summed E-state index contributed by atoms with van der Waals surface area (Å²) in [5, 5.41) is 31.2. The predicted octanol–water partition coefficient (Wildman–Crippen LogP) is 3.60. The van der Waals surface area contributed by atoms with Gasteiger partial charge in [-0.3, -0.25) is 9.59 Å². The second-order valence-corrected chi connectivity index (χ2v) is 7.64. The average Bonchev–Trinajstić information content (AvgIpc) is 2.79. The number of phenolic OH excluding ortho intramolecular Hbond substituents is 2. The third kappa shape index (κ3) is 12.1. The fourth-order valence-corrected chi connectivity index (χ4v) is 3.40. The monoisotopic (exact) mass is 514 g/mol. The molecule has 0 aromatic heterocycles. The molecular formula is C24H36Cl2N4O4. The number of nitrogens with one attached hydrogen (secondary N) is 4. The minimum atomic E-state index is 0. The number of halogens is 2. The third-order valence-electron chi connectivity index (χ3n) is 5.19. The van der Waals surface area contributed by atoms with Crippen LogP contribution in [0.15, 0.2) is 36.4 Å². The van der Waals surface area contributed by atoms with Crippen LogP contribution in [0, 0.1) is 0 Å². The largest absolute Gasteiger partial charge is 0.506 e. The van der Waals surface area contributed by atoms with E-state index >= 15 is 0 Å². The SMILES string of the molecule is Cl.Cl.O=CNc1cc(CCNCCCCCCNCCc2ccc(O)c(NC=O)c2)ccc1O. The maximum Gasteiger partial charge on any atom is 0.211 e. The highest BCUT2D eigenvalue weighted by atomic mass is 35.5. The molecule has 8 nitrogen and oxygen atoms in total. The molecule has 0 atom stereocenters. The van der Waals surface area contributed by atoms with Gasteiger partial charge in [-0.1, -0.05) is 25.0 Å². The molecular weight excluding hydrogens is 479 g/mol. The zero-order chi connectivity index (χ0) is 23.0. The first-order valence-electron chi connectivity index (χ1n) is 11.1. The Morgan fingerprint density at radius 3 is 1.41 bits per heavy atom. The van der Waals surface area contributed by atoms with Crippen molar-refractivity contribution in [3.05, 3.63) is 47.5 Å². The van der Waals surface area contributed by atoms with E-state index < -0.39 is 0 Å². The van der Waals surface area contributed by atoms with Crippen LogP contribution in [-0.4, -0.2) is 49.2 Å². The summed E-state index contributed by atoms with van der Waals surface area (Å²) in [5.74, 6) is 0.148. The van der Waals surface area contributed by atoms with E-state index in [1.807, 2.05) is 12.1 Å². The van der Waals surface area contributed by atoms with Crippen LogP contribution in [0.4, 0.5) is 11.4 Å². The average molecular weight is 515 g/mol. The lowest BCUT2D eigenvalue weighted by atomic mass is 10.1. The smallest absolute Gasteiger partial charge is 0.211 e. The number of phenols is 2. The zero-order valence-electron chi connectivity index (χ0n) is 19.2. The van der Waals surface area contributed by atoms with E-state index in [0.29, 0.717) is 24.2 Å². The van der Waals surface area contributed by atoms with Crippen molar-refractivity contribution >= 4 is 49.0 Å². The third-order valence-corrected chi connectivity index (χ3v) is 5.19. The van der Waals surface area contributed by atoms with Crippen molar-refractivity contribution < 1.29 is 19.8 Å². The molecule has 2 aromatic rings. The molecule has 2 amide bonds. The lowest BCUT2D eigenvalue weighted by molar-refractivity contribution is -0.106. The fraction of sp³-hybridized carbons (Fsp3) is 0.417. The van der Waals surface area contributed by atoms with E-state index in [2.05, 4.69) is 21.3 Å². The second kappa shape index (κ2) is 18.9. The molecule has 0 saturated carbocycles. The summed E-state index contributed by atoms with van der Waals surface area (Å²) in [4.78, 5) is 21.1. The van der Waals surface area contributed by atoms with Gasteiger partial charge >= 0.3 is 0 Å². The summed E-state index contributed by atoms with van der Waals surface area (Å²) in [6.45, 7) is 3.66. The first-order chi connectivity index (χ1) is 15.6. The Labute approximate surface area is 213 Å². The summed E-state index contributed by atoms with van der Waals surface area (Å²) in [5.41, 5.74) is 3.01. The number of hydrogen-bond donors (Lipinski definition) is 6. The van der Waals surface area contributed by atoms with Crippen molar-refractivity contribution in [2.45, 2.75) is 38.5 Å². The minimum Gasteiger partial charge on any atom is -0.506 e. The number of rotatable bonds is 17. The number of aromatic hydroxyl groups is 2. The van der Waals surface area contributed by atoms with Crippen LogP contribution in [0.1, 0.15) is 36.8 Å². The second-order valence-electron chi connectivity index (χ2n) is 7.64. The van der Waals surface area contributed by atoms with Gasteiger partial charge in [0.2, 0.25) is 12.8 Å². The van der Waals surface area contributed by atoms with E-state index in [4.69, 9.17) is 0 Å². The first kappa shape index (κ1) is 31.5. The number of benzene rings is 2. The van der Waals surface area contributed by atoms with Crippen LogP contribution in [0.2, 0.25) is 0 Å². The van der Waals surface area contributed by atoms with Crippen LogP contribution in [0.3, 0.4) is 0 Å². The zero-order valence-corrected chi connectivity index (χ0v) is 20.9. The number of unbranched alkanes of at least 4 members (excludes halogenated alkanes) is 3. The molecule has 0 aliphatic heterocycles. The maximum absolute atomic E-state index is 10.5. The lowest BCUT2D eigenvalue weighted by Crippen LogP contribution is -2.19.